The highest BCUT2D eigenvalue weighted by Gasteiger charge is 2.54. The van der Waals surface area contributed by atoms with E-state index in [1.807, 2.05) is 0 Å². The number of ether oxygens (including phenoxy) is 3. The summed E-state index contributed by atoms with van der Waals surface area (Å²) in [4.78, 5) is 10.6. The van der Waals surface area contributed by atoms with E-state index in [0.29, 0.717) is 12.7 Å². The Balaban J connectivity index is 1.61. The van der Waals surface area contributed by atoms with E-state index in [1.165, 1.54) is 6.92 Å². The Kier molecular flexibility index (Phi) is 3.21. The van der Waals surface area contributed by atoms with Crippen molar-refractivity contribution in [2.75, 3.05) is 6.61 Å². The van der Waals surface area contributed by atoms with Crippen molar-refractivity contribution in [2.24, 2.45) is 0 Å². The molecule has 0 aromatic rings. The van der Waals surface area contributed by atoms with E-state index in [4.69, 9.17) is 14.2 Å². The van der Waals surface area contributed by atoms with Crippen LogP contribution in [-0.4, -0.2) is 36.0 Å². The van der Waals surface area contributed by atoms with Gasteiger partial charge in [-0.3, -0.25) is 4.79 Å². The third-order valence-electron chi connectivity index (χ3n) is 3.79. The molecular formula is C13H22O4. The molecular weight excluding hydrogens is 220 g/mol. The molecule has 0 spiro atoms. The molecule has 0 unspecified atom stereocenters. The fourth-order valence-electron chi connectivity index (χ4n) is 2.34. The Morgan fingerprint density at radius 3 is 2.35 bits per heavy atom. The van der Waals surface area contributed by atoms with Crippen molar-refractivity contribution in [2.45, 2.75) is 70.4 Å². The van der Waals surface area contributed by atoms with E-state index in [0.717, 1.165) is 19.3 Å². The van der Waals surface area contributed by atoms with Gasteiger partial charge < -0.3 is 14.2 Å². The second kappa shape index (κ2) is 4.25. The molecule has 0 amide bonds. The number of hydrogen-bond acceptors (Lipinski definition) is 4. The minimum atomic E-state index is -0.222. The van der Waals surface area contributed by atoms with Crippen molar-refractivity contribution < 1.29 is 19.0 Å². The van der Waals surface area contributed by atoms with Crippen molar-refractivity contribution >= 4 is 5.97 Å². The van der Waals surface area contributed by atoms with Gasteiger partial charge in [0.15, 0.2) is 0 Å². The van der Waals surface area contributed by atoms with Crippen LogP contribution in [-0.2, 0) is 19.0 Å². The number of esters is 1. The van der Waals surface area contributed by atoms with Crippen molar-refractivity contribution in [1.29, 1.82) is 0 Å². The maximum atomic E-state index is 10.6. The third kappa shape index (κ3) is 3.19. The number of rotatable bonds is 6. The summed E-state index contributed by atoms with van der Waals surface area (Å²) < 4.78 is 16.1. The fourth-order valence-corrected chi connectivity index (χ4v) is 2.34. The van der Waals surface area contributed by atoms with Gasteiger partial charge in [-0.05, 0) is 33.6 Å². The molecule has 4 nitrogen and oxygen atoms in total. The van der Waals surface area contributed by atoms with Gasteiger partial charge >= 0.3 is 5.97 Å². The quantitative estimate of drug-likeness (QED) is 0.528. The molecule has 98 valence electrons. The SMILES string of the molecule is CC(=O)OCC[C@H]1O[C@]1(C)CC[C@H]1OC1(C)C. The summed E-state index contributed by atoms with van der Waals surface area (Å²) in [5.74, 6) is -0.222. The summed E-state index contributed by atoms with van der Waals surface area (Å²) in [5, 5.41) is 0. The Bertz CT molecular complexity index is 313. The largest absolute Gasteiger partial charge is 0.466 e. The van der Waals surface area contributed by atoms with E-state index >= 15 is 0 Å². The molecule has 2 aliphatic heterocycles. The molecule has 0 radical (unpaired) electrons. The van der Waals surface area contributed by atoms with Gasteiger partial charge in [-0.2, -0.15) is 0 Å². The standard InChI is InChI=1S/C13H22O4/c1-9(14)15-8-6-11-13(4,17-11)7-5-10-12(2,3)16-10/h10-11H,5-8H2,1-4H3/t10-,11-,13-/m1/s1. The smallest absolute Gasteiger partial charge is 0.302 e. The predicted molar refractivity (Wildman–Crippen MR) is 62.7 cm³/mol. The molecule has 2 saturated heterocycles. The fraction of sp³-hybridized carbons (Fsp3) is 0.923. The molecule has 0 aromatic heterocycles. The lowest BCUT2D eigenvalue weighted by Gasteiger charge is -2.05. The number of hydrogen-bond donors (Lipinski definition) is 0. The molecule has 3 atom stereocenters. The minimum Gasteiger partial charge on any atom is -0.466 e. The zero-order valence-corrected chi connectivity index (χ0v) is 11.1. The van der Waals surface area contributed by atoms with Crippen molar-refractivity contribution in [3.8, 4) is 0 Å². The summed E-state index contributed by atoms with van der Waals surface area (Å²) in [6.45, 7) is 8.25. The minimum absolute atomic E-state index is 0.0256. The Hall–Kier alpha value is -0.610. The van der Waals surface area contributed by atoms with Gasteiger partial charge in [0, 0.05) is 13.3 Å². The van der Waals surface area contributed by atoms with Gasteiger partial charge in [0.1, 0.15) is 0 Å². The summed E-state index contributed by atoms with van der Waals surface area (Å²) in [5.41, 5.74) is 0.0423. The Labute approximate surface area is 103 Å². The molecule has 0 aromatic carbocycles. The van der Waals surface area contributed by atoms with Crippen LogP contribution < -0.4 is 0 Å². The zero-order chi connectivity index (χ0) is 12.7. The van der Waals surface area contributed by atoms with Crippen LogP contribution in [0.4, 0.5) is 0 Å². The lowest BCUT2D eigenvalue weighted by atomic mass is 9.96. The molecule has 0 N–H and O–H groups in total. The first kappa shape index (κ1) is 12.8. The first-order valence-electron chi connectivity index (χ1n) is 6.32. The van der Waals surface area contributed by atoms with Crippen LogP contribution in [0.5, 0.6) is 0 Å². The molecule has 2 heterocycles. The average molecular weight is 242 g/mol. The van der Waals surface area contributed by atoms with Crippen molar-refractivity contribution in [1.82, 2.24) is 0 Å². The maximum absolute atomic E-state index is 10.6. The van der Waals surface area contributed by atoms with E-state index < -0.39 is 0 Å². The van der Waals surface area contributed by atoms with Crippen LogP contribution in [0.1, 0.15) is 47.0 Å². The van der Waals surface area contributed by atoms with Gasteiger partial charge in [0.05, 0.1) is 30.0 Å². The van der Waals surface area contributed by atoms with Crippen LogP contribution in [0.15, 0.2) is 0 Å². The zero-order valence-electron chi connectivity index (χ0n) is 11.1. The number of epoxide rings is 2. The third-order valence-corrected chi connectivity index (χ3v) is 3.79. The average Bonchev–Trinajstić information content (AvgIpc) is 3.02. The Morgan fingerprint density at radius 2 is 1.82 bits per heavy atom. The lowest BCUT2D eigenvalue weighted by molar-refractivity contribution is -0.141. The van der Waals surface area contributed by atoms with Gasteiger partial charge in [-0.1, -0.05) is 0 Å². The van der Waals surface area contributed by atoms with Gasteiger partial charge in [0.2, 0.25) is 0 Å². The normalized spacial score (nSPS) is 37.6. The van der Waals surface area contributed by atoms with Crippen LogP contribution in [0, 0.1) is 0 Å². The van der Waals surface area contributed by atoms with Crippen LogP contribution in [0.25, 0.3) is 0 Å². The number of carbonyl (C=O) groups is 1. The highest BCUT2D eigenvalue weighted by atomic mass is 16.6. The van der Waals surface area contributed by atoms with Crippen molar-refractivity contribution in [3.63, 3.8) is 0 Å². The molecule has 0 aliphatic carbocycles. The van der Waals surface area contributed by atoms with E-state index in [-0.39, 0.29) is 23.3 Å². The molecule has 0 bridgehead atoms. The lowest BCUT2D eigenvalue weighted by Crippen LogP contribution is -2.14. The topological polar surface area (TPSA) is 51.4 Å². The van der Waals surface area contributed by atoms with E-state index in [9.17, 15) is 4.79 Å². The monoisotopic (exact) mass is 242 g/mol. The van der Waals surface area contributed by atoms with Crippen molar-refractivity contribution in [3.05, 3.63) is 0 Å². The van der Waals surface area contributed by atoms with E-state index in [2.05, 4.69) is 20.8 Å². The van der Waals surface area contributed by atoms with E-state index in [1.54, 1.807) is 0 Å². The van der Waals surface area contributed by atoms with Gasteiger partial charge in [-0.25, -0.2) is 0 Å². The van der Waals surface area contributed by atoms with Crippen LogP contribution in [0.2, 0.25) is 0 Å². The number of carbonyl (C=O) groups excluding carboxylic acids is 1. The maximum Gasteiger partial charge on any atom is 0.302 e. The van der Waals surface area contributed by atoms with Crippen LogP contribution in [0.3, 0.4) is 0 Å². The first-order valence-corrected chi connectivity index (χ1v) is 6.32. The van der Waals surface area contributed by atoms with Gasteiger partial charge in [-0.15, -0.1) is 0 Å². The first-order chi connectivity index (χ1) is 7.83. The van der Waals surface area contributed by atoms with Gasteiger partial charge in [0.25, 0.3) is 0 Å². The van der Waals surface area contributed by atoms with Crippen LogP contribution >= 0.6 is 0 Å². The highest BCUT2D eigenvalue weighted by Crippen LogP contribution is 2.46. The molecule has 17 heavy (non-hydrogen) atoms. The summed E-state index contributed by atoms with van der Waals surface area (Å²) in [7, 11) is 0. The summed E-state index contributed by atoms with van der Waals surface area (Å²) >= 11 is 0. The second-order valence-corrected chi connectivity index (χ2v) is 5.80. The predicted octanol–water partition coefficient (Wildman–Crippen LogP) is 2.05. The Morgan fingerprint density at radius 1 is 1.18 bits per heavy atom. The molecule has 4 heteroatoms. The molecule has 0 saturated carbocycles. The summed E-state index contributed by atoms with van der Waals surface area (Å²) in [6, 6.07) is 0. The molecule has 2 fully saturated rings. The molecule has 2 rings (SSSR count). The molecule has 2 aliphatic rings. The highest BCUT2D eigenvalue weighted by molar-refractivity contribution is 5.65. The summed E-state index contributed by atoms with van der Waals surface area (Å²) in [6.07, 6.45) is 3.49. The second-order valence-electron chi connectivity index (χ2n) is 5.80.